The summed E-state index contributed by atoms with van der Waals surface area (Å²) in [5, 5.41) is 5.15. The van der Waals surface area contributed by atoms with Crippen molar-refractivity contribution in [3.8, 4) is 11.3 Å². The first-order chi connectivity index (χ1) is 11.2. The minimum absolute atomic E-state index is 0.0927. The van der Waals surface area contributed by atoms with Gasteiger partial charge in [-0.15, -0.1) is 29.7 Å². The Morgan fingerprint density at radius 3 is 3.22 bits per heavy atom. The molecule has 0 fully saturated rings. The number of carbonyl (C=O) groups excluding carboxylic acids is 1. The van der Waals surface area contributed by atoms with Crippen LogP contribution in [0, 0.1) is 0 Å². The van der Waals surface area contributed by atoms with E-state index in [2.05, 4.69) is 21.9 Å². The summed E-state index contributed by atoms with van der Waals surface area (Å²) in [6, 6.07) is 5.35. The third-order valence-electron chi connectivity index (χ3n) is 2.94. The molecule has 2 N–H and O–H groups in total. The predicted octanol–water partition coefficient (Wildman–Crippen LogP) is 3.10. The van der Waals surface area contributed by atoms with Gasteiger partial charge in [-0.05, 0) is 12.1 Å². The molecule has 0 aliphatic heterocycles. The van der Waals surface area contributed by atoms with Crippen molar-refractivity contribution >= 4 is 45.2 Å². The number of thioether (sulfide) groups is 1. The minimum atomic E-state index is -0.486. The topological polar surface area (TPSA) is 88.0 Å². The maximum Gasteiger partial charge on any atom is 0.417 e. The number of fused-ring (bicyclic) bond motifs is 1. The molecule has 2 aromatic heterocycles. The smallest absolute Gasteiger partial charge is 0.408 e. The summed E-state index contributed by atoms with van der Waals surface area (Å²) in [7, 11) is 0. The molecule has 118 valence electrons. The van der Waals surface area contributed by atoms with Crippen LogP contribution in [0.25, 0.3) is 22.4 Å². The number of anilines is 1. The number of rotatable bonds is 6. The number of nitrogens with one attached hydrogen (secondary N) is 2. The number of hydrogen-bond acceptors (Lipinski definition) is 6. The normalized spacial score (nSPS) is 10.8. The van der Waals surface area contributed by atoms with E-state index in [0.29, 0.717) is 22.0 Å². The summed E-state index contributed by atoms with van der Waals surface area (Å²) in [6.45, 7) is 3.61. The third-order valence-corrected chi connectivity index (χ3v) is 4.63. The van der Waals surface area contributed by atoms with Crippen molar-refractivity contribution in [1.82, 2.24) is 9.97 Å². The molecule has 3 rings (SSSR count). The Morgan fingerprint density at radius 2 is 2.39 bits per heavy atom. The minimum Gasteiger partial charge on any atom is -0.408 e. The number of amides is 1. The van der Waals surface area contributed by atoms with E-state index >= 15 is 0 Å². The second kappa shape index (κ2) is 6.84. The summed E-state index contributed by atoms with van der Waals surface area (Å²) in [4.78, 5) is 29.9. The number of aromatic nitrogens is 2. The first kappa shape index (κ1) is 15.6. The van der Waals surface area contributed by atoms with Crippen molar-refractivity contribution in [3.05, 3.63) is 46.8 Å². The number of H-pyrrole nitrogens is 1. The average molecular weight is 347 g/mol. The highest BCUT2D eigenvalue weighted by molar-refractivity contribution is 8.00. The largest absolute Gasteiger partial charge is 0.417 e. The van der Waals surface area contributed by atoms with Crippen LogP contribution in [0.1, 0.15) is 0 Å². The highest BCUT2D eigenvalue weighted by Gasteiger charge is 2.10. The van der Waals surface area contributed by atoms with Crippen LogP contribution in [-0.2, 0) is 4.79 Å². The van der Waals surface area contributed by atoms with E-state index in [0.717, 1.165) is 17.0 Å². The number of carbonyl (C=O) groups is 1. The molecule has 0 saturated heterocycles. The van der Waals surface area contributed by atoms with Gasteiger partial charge in [0, 0.05) is 16.7 Å². The van der Waals surface area contributed by atoms with Crippen LogP contribution in [0.3, 0.4) is 0 Å². The van der Waals surface area contributed by atoms with E-state index < -0.39 is 5.76 Å². The van der Waals surface area contributed by atoms with Crippen LogP contribution >= 0.6 is 23.1 Å². The molecule has 23 heavy (non-hydrogen) atoms. The number of nitrogens with zero attached hydrogens (tertiary/aromatic N) is 1. The van der Waals surface area contributed by atoms with Gasteiger partial charge in [-0.3, -0.25) is 9.78 Å². The van der Waals surface area contributed by atoms with Crippen molar-refractivity contribution in [2.24, 2.45) is 0 Å². The van der Waals surface area contributed by atoms with Crippen molar-refractivity contribution in [1.29, 1.82) is 0 Å². The lowest BCUT2D eigenvalue weighted by Crippen LogP contribution is -2.13. The van der Waals surface area contributed by atoms with Crippen molar-refractivity contribution in [3.63, 3.8) is 0 Å². The summed E-state index contributed by atoms with van der Waals surface area (Å²) < 4.78 is 5.04. The zero-order valence-electron chi connectivity index (χ0n) is 12.0. The van der Waals surface area contributed by atoms with Crippen LogP contribution < -0.4 is 11.1 Å². The predicted molar refractivity (Wildman–Crippen MR) is 94.1 cm³/mol. The number of hydrogen-bond donors (Lipinski definition) is 2. The molecule has 0 atom stereocenters. The van der Waals surface area contributed by atoms with Gasteiger partial charge in [-0.1, -0.05) is 12.1 Å². The fourth-order valence-electron chi connectivity index (χ4n) is 1.96. The van der Waals surface area contributed by atoms with E-state index in [4.69, 9.17) is 4.42 Å². The molecule has 0 saturated carbocycles. The maximum atomic E-state index is 11.8. The van der Waals surface area contributed by atoms with Crippen LogP contribution in [0.15, 0.2) is 45.4 Å². The number of oxazole rings is 1. The van der Waals surface area contributed by atoms with Crippen LogP contribution in [0.5, 0.6) is 0 Å². The first-order valence-corrected chi connectivity index (χ1v) is 8.76. The fourth-order valence-corrected chi connectivity index (χ4v) is 3.24. The van der Waals surface area contributed by atoms with Gasteiger partial charge in [0.1, 0.15) is 0 Å². The molecule has 1 amide bonds. The van der Waals surface area contributed by atoms with Gasteiger partial charge in [0.2, 0.25) is 5.91 Å². The van der Waals surface area contributed by atoms with Gasteiger partial charge in [-0.2, -0.15) is 0 Å². The molecule has 3 aromatic rings. The highest BCUT2D eigenvalue weighted by atomic mass is 32.2. The number of aromatic amines is 1. The van der Waals surface area contributed by atoms with Crippen LogP contribution in [0.4, 0.5) is 5.13 Å². The standard InChI is InChI=1S/C15H13N3O3S2/c1-2-5-22-8-13(19)18-14-16-11(7-23-14)9-3-4-10-12(6-9)21-15(20)17-10/h2-4,6-7H,1,5,8H2,(H,17,20)(H,16,18,19). The first-order valence-electron chi connectivity index (χ1n) is 6.73. The average Bonchev–Trinajstić information content (AvgIpc) is 3.12. The van der Waals surface area contributed by atoms with Gasteiger partial charge < -0.3 is 9.73 Å². The molecule has 2 heterocycles. The SMILES string of the molecule is C=CCSCC(=O)Nc1nc(-c2ccc3[nH]c(=O)oc3c2)cs1. The Labute approximate surface area is 139 Å². The van der Waals surface area contributed by atoms with E-state index in [1.54, 1.807) is 18.2 Å². The molecule has 8 heteroatoms. The Hall–Kier alpha value is -2.32. The Morgan fingerprint density at radius 1 is 1.52 bits per heavy atom. The molecule has 1 aromatic carbocycles. The van der Waals surface area contributed by atoms with Crippen LogP contribution in [0.2, 0.25) is 0 Å². The zero-order chi connectivity index (χ0) is 16.2. The monoisotopic (exact) mass is 347 g/mol. The van der Waals surface area contributed by atoms with Crippen molar-refractivity contribution in [2.45, 2.75) is 0 Å². The molecule has 0 radical (unpaired) electrons. The van der Waals surface area contributed by atoms with Crippen molar-refractivity contribution in [2.75, 3.05) is 16.8 Å². The van der Waals surface area contributed by atoms with E-state index in [1.807, 2.05) is 11.4 Å². The van der Waals surface area contributed by atoms with Gasteiger partial charge in [0.05, 0.1) is 17.0 Å². The third kappa shape index (κ3) is 3.72. The Balaban J connectivity index is 1.73. The van der Waals surface area contributed by atoms with Crippen molar-refractivity contribution < 1.29 is 9.21 Å². The molecule has 0 unspecified atom stereocenters. The van der Waals surface area contributed by atoms with Gasteiger partial charge in [0.15, 0.2) is 10.7 Å². The summed E-state index contributed by atoms with van der Waals surface area (Å²) >= 11 is 2.84. The van der Waals surface area contributed by atoms with Gasteiger partial charge >= 0.3 is 5.76 Å². The van der Waals surface area contributed by atoms with E-state index in [9.17, 15) is 9.59 Å². The summed E-state index contributed by atoms with van der Waals surface area (Å²) in [5.74, 6) is 0.519. The lowest BCUT2D eigenvalue weighted by Gasteiger charge is -2.00. The lowest BCUT2D eigenvalue weighted by atomic mass is 10.1. The van der Waals surface area contributed by atoms with Crippen LogP contribution in [-0.4, -0.2) is 27.4 Å². The molecule has 0 spiro atoms. The van der Waals surface area contributed by atoms with E-state index in [1.165, 1.54) is 23.1 Å². The molecule has 0 bridgehead atoms. The highest BCUT2D eigenvalue weighted by Crippen LogP contribution is 2.27. The molecule has 0 aliphatic carbocycles. The fraction of sp³-hybridized carbons (Fsp3) is 0.133. The quantitative estimate of drug-likeness (QED) is 0.528. The molecule has 0 aliphatic rings. The summed E-state index contributed by atoms with van der Waals surface area (Å²) in [6.07, 6.45) is 1.76. The molecular formula is C15H13N3O3S2. The van der Waals surface area contributed by atoms with E-state index in [-0.39, 0.29) is 5.91 Å². The van der Waals surface area contributed by atoms with Gasteiger partial charge in [0.25, 0.3) is 0 Å². The maximum absolute atomic E-state index is 11.8. The lowest BCUT2D eigenvalue weighted by molar-refractivity contribution is -0.113. The Kier molecular flexibility index (Phi) is 4.63. The number of thiazole rings is 1. The number of benzene rings is 1. The molecule has 6 nitrogen and oxygen atoms in total. The summed E-state index contributed by atoms with van der Waals surface area (Å²) in [5.41, 5.74) is 2.65. The molecular weight excluding hydrogens is 334 g/mol. The van der Waals surface area contributed by atoms with Gasteiger partial charge in [-0.25, -0.2) is 9.78 Å². The second-order valence-corrected chi connectivity index (χ2v) is 6.50. The zero-order valence-corrected chi connectivity index (χ0v) is 13.6. The Bertz CT molecular complexity index is 910. The second-order valence-electron chi connectivity index (χ2n) is 4.62.